The third kappa shape index (κ3) is 5.24. The summed E-state index contributed by atoms with van der Waals surface area (Å²) in [6.45, 7) is 7.01. The molecular formula is C26H34N4O4. The molecule has 0 unspecified atom stereocenters. The highest BCUT2D eigenvalue weighted by Gasteiger charge is 2.38. The molecule has 8 heteroatoms. The van der Waals surface area contributed by atoms with E-state index >= 15 is 0 Å². The lowest BCUT2D eigenvalue weighted by Crippen LogP contribution is -2.59. The monoisotopic (exact) mass is 466 g/mol. The standard InChI is InChI=1S/C26H34N4O4/c1-19-3-2-4-22(17-19)34-25-24(27-9-10-28-25)20-5-11-29(12-6-20)26(31)23-18-33-16-13-30(23)21-7-14-32-15-8-21/h2-4,9-10,17,20-21,23H,5-8,11-16,18H2,1H3/t23-/m0/s1. The largest absolute Gasteiger partial charge is 0.437 e. The van der Waals surface area contributed by atoms with Gasteiger partial charge in [-0.25, -0.2) is 4.98 Å². The fourth-order valence-electron chi connectivity index (χ4n) is 5.35. The minimum atomic E-state index is -0.190. The molecule has 0 spiro atoms. The van der Waals surface area contributed by atoms with Crippen LogP contribution in [0.15, 0.2) is 36.7 Å². The molecule has 4 heterocycles. The lowest BCUT2D eigenvalue weighted by molar-refractivity contribution is -0.148. The highest BCUT2D eigenvalue weighted by Crippen LogP contribution is 2.34. The number of aromatic nitrogens is 2. The average Bonchev–Trinajstić information content (AvgIpc) is 2.89. The Labute approximate surface area is 201 Å². The normalized spacial score (nSPS) is 23.1. The molecule has 1 amide bonds. The molecule has 0 aliphatic carbocycles. The van der Waals surface area contributed by atoms with E-state index in [1.54, 1.807) is 12.4 Å². The third-order valence-corrected chi connectivity index (χ3v) is 7.20. The van der Waals surface area contributed by atoms with Crippen LogP contribution in [0.5, 0.6) is 11.6 Å². The van der Waals surface area contributed by atoms with Crippen molar-refractivity contribution in [2.24, 2.45) is 0 Å². The zero-order valence-electron chi connectivity index (χ0n) is 19.9. The van der Waals surface area contributed by atoms with Gasteiger partial charge >= 0.3 is 0 Å². The zero-order valence-corrected chi connectivity index (χ0v) is 19.9. The summed E-state index contributed by atoms with van der Waals surface area (Å²) in [4.78, 5) is 27.0. The minimum Gasteiger partial charge on any atom is -0.437 e. The Bertz CT molecular complexity index is 973. The lowest BCUT2D eigenvalue weighted by Gasteiger charge is -2.44. The molecule has 0 bridgehead atoms. The first-order chi connectivity index (χ1) is 16.7. The van der Waals surface area contributed by atoms with E-state index in [9.17, 15) is 4.79 Å². The number of amides is 1. The van der Waals surface area contributed by atoms with Gasteiger partial charge in [0.25, 0.3) is 0 Å². The first kappa shape index (κ1) is 23.2. The summed E-state index contributed by atoms with van der Waals surface area (Å²) in [5.74, 6) is 1.73. The average molecular weight is 467 g/mol. The molecule has 1 aromatic heterocycles. The van der Waals surface area contributed by atoms with Gasteiger partial charge in [-0.15, -0.1) is 0 Å². The van der Waals surface area contributed by atoms with Crippen LogP contribution in [0.25, 0.3) is 0 Å². The van der Waals surface area contributed by atoms with E-state index in [1.807, 2.05) is 36.1 Å². The maximum Gasteiger partial charge on any atom is 0.242 e. The van der Waals surface area contributed by atoms with Crippen LogP contribution in [-0.4, -0.2) is 83.8 Å². The van der Waals surface area contributed by atoms with Crippen LogP contribution >= 0.6 is 0 Å². The predicted molar refractivity (Wildman–Crippen MR) is 127 cm³/mol. The van der Waals surface area contributed by atoms with Gasteiger partial charge in [0, 0.05) is 57.2 Å². The van der Waals surface area contributed by atoms with E-state index in [1.165, 1.54) is 0 Å². The number of carbonyl (C=O) groups excluding carboxylic acids is 1. The lowest BCUT2D eigenvalue weighted by atomic mass is 9.92. The van der Waals surface area contributed by atoms with Crippen LogP contribution in [0.1, 0.15) is 42.9 Å². The van der Waals surface area contributed by atoms with Crippen molar-refractivity contribution in [1.82, 2.24) is 19.8 Å². The number of benzene rings is 1. The summed E-state index contributed by atoms with van der Waals surface area (Å²) in [6.07, 6.45) is 7.06. The molecule has 34 heavy (non-hydrogen) atoms. The van der Waals surface area contributed by atoms with Crippen LogP contribution in [0.4, 0.5) is 0 Å². The summed E-state index contributed by atoms with van der Waals surface area (Å²) >= 11 is 0. The van der Waals surface area contributed by atoms with Gasteiger partial charge in [0.1, 0.15) is 17.5 Å². The number of piperidine rings is 1. The van der Waals surface area contributed by atoms with Crippen molar-refractivity contribution in [3.05, 3.63) is 47.9 Å². The molecule has 3 saturated heterocycles. The van der Waals surface area contributed by atoms with Gasteiger partial charge in [-0.05, 0) is 50.3 Å². The second-order valence-corrected chi connectivity index (χ2v) is 9.44. The van der Waals surface area contributed by atoms with E-state index in [2.05, 4.69) is 14.9 Å². The van der Waals surface area contributed by atoms with Crippen molar-refractivity contribution in [2.75, 3.05) is 46.1 Å². The van der Waals surface area contributed by atoms with E-state index in [0.717, 1.165) is 62.4 Å². The van der Waals surface area contributed by atoms with Crippen LogP contribution in [0.3, 0.4) is 0 Å². The smallest absolute Gasteiger partial charge is 0.242 e. The molecule has 182 valence electrons. The number of likely N-dealkylation sites (tertiary alicyclic amines) is 1. The number of carbonyl (C=O) groups is 1. The van der Waals surface area contributed by atoms with Gasteiger partial charge in [0.2, 0.25) is 11.8 Å². The first-order valence-corrected chi connectivity index (χ1v) is 12.4. The maximum atomic E-state index is 13.5. The molecule has 0 N–H and O–H groups in total. The fourth-order valence-corrected chi connectivity index (χ4v) is 5.35. The molecule has 3 aliphatic heterocycles. The number of aryl methyl sites for hydroxylation is 1. The molecule has 3 fully saturated rings. The number of hydrogen-bond donors (Lipinski definition) is 0. The molecule has 3 aliphatic rings. The second kappa shape index (κ2) is 10.8. The second-order valence-electron chi connectivity index (χ2n) is 9.44. The van der Waals surface area contributed by atoms with Gasteiger partial charge in [-0.3, -0.25) is 14.7 Å². The topological polar surface area (TPSA) is 77.0 Å². The summed E-state index contributed by atoms with van der Waals surface area (Å²) in [7, 11) is 0. The van der Waals surface area contributed by atoms with Gasteiger partial charge in [-0.1, -0.05) is 12.1 Å². The van der Waals surface area contributed by atoms with Crippen molar-refractivity contribution in [2.45, 2.75) is 50.6 Å². The molecule has 1 aromatic carbocycles. The summed E-state index contributed by atoms with van der Waals surface area (Å²) in [5, 5.41) is 0. The van der Waals surface area contributed by atoms with E-state index < -0.39 is 0 Å². The Morgan fingerprint density at radius 3 is 2.59 bits per heavy atom. The van der Waals surface area contributed by atoms with Crippen LogP contribution in [0.2, 0.25) is 0 Å². The van der Waals surface area contributed by atoms with Crippen molar-refractivity contribution in [3.63, 3.8) is 0 Å². The molecule has 1 atom stereocenters. The number of hydrogen-bond acceptors (Lipinski definition) is 7. The highest BCUT2D eigenvalue weighted by molar-refractivity contribution is 5.82. The SMILES string of the molecule is Cc1cccc(Oc2nccnc2C2CCN(C(=O)[C@@H]3COCCN3C3CCOCC3)CC2)c1. The number of rotatable bonds is 5. The Morgan fingerprint density at radius 2 is 1.79 bits per heavy atom. The molecule has 0 saturated carbocycles. The Morgan fingerprint density at radius 1 is 1.00 bits per heavy atom. The Balaban J connectivity index is 1.23. The van der Waals surface area contributed by atoms with E-state index in [-0.39, 0.29) is 17.9 Å². The molecule has 0 radical (unpaired) electrons. The Kier molecular flexibility index (Phi) is 7.37. The summed E-state index contributed by atoms with van der Waals surface area (Å²) in [6, 6.07) is 8.16. The van der Waals surface area contributed by atoms with Gasteiger partial charge in [0.05, 0.1) is 13.2 Å². The maximum absolute atomic E-state index is 13.5. The minimum absolute atomic E-state index is 0.190. The van der Waals surface area contributed by atoms with Crippen molar-refractivity contribution in [1.29, 1.82) is 0 Å². The number of morpholine rings is 1. The molecule has 2 aromatic rings. The predicted octanol–water partition coefficient (Wildman–Crippen LogP) is 3.16. The van der Waals surface area contributed by atoms with E-state index in [4.69, 9.17) is 14.2 Å². The van der Waals surface area contributed by atoms with Crippen molar-refractivity contribution >= 4 is 5.91 Å². The quantitative estimate of drug-likeness (QED) is 0.670. The molecule has 8 nitrogen and oxygen atoms in total. The van der Waals surface area contributed by atoms with Crippen LogP contribution < -0.4 is 4.74 Å². The summed E-state index contributed by atoms with van der Waals surface area (Å²) in [5.41, 5.74) is 2.01. The van der Waals surface area contributed by atoms with Crippen molar-refractivity contribution in [3.8, 4) is 11.6 Å². The molecule has 5 rings (SSSR count). The number of nitrogens with zero attached hydrogens (tertiary/aromatic N) is 4. The van der Waals surface area contributed by atoms with Gasteiger partial charge in [0.15, 0.2) is 0 Å². The third-order valence-electron chi connectivity index (χ3n) is 7.20. The fraction of sp³-hybridized carbons (Fsp3) is 0.577. The van der Waals surface area contributed by atoms with Gasteiger partial charge < -0.3 is 19.1 Å². The highest BCUT2D eigenvalue weighted by atomic mass is 16.5. The van der Waals surface area contributed by atoms with Crippen LogP contribution in [0, 0.1) is 6.92 Å². The zero-order chi connectivity index (χ0) is 23.3. The Hall–Kier alpha value is -2.55. The van der Waals surface area contributed by atoms with Crippen LogP contribution in [-0.2, 0) is 14.3 Å². The first-order valence-electron chi connectivity index (χ1n) is 12.4. The summed E-state index contributed by atoms with van der Waals surface area (Å²) < 4.78 is 17.4. The molecular weight excluding hydrogens is 432 g/mol. The number of ether oxygens (including phenoxy) is 3. The van der Waals surface area contributed by atoms with Gasteiger partial charge in [-0.2, -0.15) is 0 Å². The van der Waals surface area contributed by atoms with Crippen molar-refractivity contribution < 1.29 is 19.0 Å². The van der Waals surface area contributed by atoms with E-state index in [0.29, 0.717) is 38.2 Å².